The molecule has 0 aromatic heterocycles. The van der Waals surface area contributed by atoms with Crippen LogP contribution in [-0.2, 0) is 44.1 Å². The molecule has 2 amide bonds. The smallest absolute Gasteiger partial charge is 0.395 e. The summed E-state index contributed by atoms with van der Waals surface area (Å²) in [6.07, 6.45) is -7.95. The van der Waals surface area contributed by atoms with Crippen LogP contribution in [0.25, 0.3) is 0 Å². The van der Waals surface area contributed by atoms with Crippen LogP contribution in [0, 0.1) is 0 Å². The van der Waals surface area contributed by atoms with Crippen LogP contribution < -0.4 is 0 Å². The lowest BCUT2D eigenvalue weighted by molar-refractivity contribution is -0.143. The van der Waals surface area contributed by atoms with Crippen molar-refractivity contribution >= 4 is 47.4 Å². The van der Waals surface area contributed by atoms with Crippen molar-refractivity contribution in [2.75, 3.05) is 85.3 Å². The average molecular weight is 908 g/mol. The van der Waals surface area contributed by atoms with E-state index in [9.17, 15) is 41.0 Å². The van der Waals surface area contributed by atoms with Crippen molar-refractivity contribution in [3.63, 3.8) is 0 Å². The Morgan fingerprint density at radius 3 is 2.08 bits per heavy atom. The van der Waals surface area contributed by atoms with E-state index in [-0.39, 0.29) is 78.9 Å². The number of likely N-dealkylation sites (tertiary alicyclic amines) is 1. The van der Waals surface area contributed by atoms with Gasteiger partial charge in [0.05, 0.1) is 47.0 Å². The number of amides is 2. The van der Waals surface area contributed by atoms with Crippen LogP contribution in [0.5, 0.6) is 0 Å². The fourth-order valence-corrected chi connectivity index (χ4v) is 9.47. The molecule has 0 bridgehead atoms. The lowest BCUT2D eigenvalue weighted by atomic mass is 9.72. The fourth-order valence-electron chi connectivity index (χ4n) is 9.17. The number of fused-ring (bicyclic) bond motifs is 2. The Hall–Kier alpha value is -3.15. The molecular formula is C42H47Cl3F6N4O5. The van der Waals surface area contributed by atoms with Crippen LogP contribution in [-0.4, -0.2) is 128 Å². The number of halogens is 9. The molecule has 7 rings (SSSR count). The number of rotatable bonds is 10. The minimum absolute atomic E-state index is 0. The molecule has 4 aliphatic rings. The first kappa shape index (κ1) is 46.4. The molecule has 60 heavy (non-hydrogen) atoms. The zero-order valence-corrected chi connectivity index (χ0v) is 35.0. The summed E-state index contributed by atoms with van der Waals surface area (Å²) < 4.78 is 95.3. The van der Waals surface area contributed by atoms with Gasteiger partial charge in [-0.05, 0) is 85.8 Å². The second-order valence-electron chi connectivity index (χ2n) is 15.8. The molecule has 1 N–H and O–H groups in total. The summed E-state index contributed by atoms with van der Waals surface area (Å²) in [7, 11) is 0. The maximum atomic E-state index is 13.8. The lowest BCUT2D eigenvalue weighted by Crippen LogP contribution is -2.54. The van der Waals surface area contributed by atoms with E-state index in [4.69, 9.17) is 32.7 Å². The van der Waals surface area contributed by atoms with E-state index in [1.54, 1.807) is 18.2 Å². The molecule has 0 radical (unpaired) electrons. The molecule has 3 heterocycles. The van der Waals surface area contributed by atoms with E-state index in [1.807, 2.05) is 17.0 Å². The Bertz CT molecular complexity index is 1980. The molecule has 2 atom stereocenters. The Kier molecular flexibility index (Phi) is 14.4. The second kappa shape index (κ2) is 18.7. The highest BCUT2D eigenvalue weighted by molar-refractivity contribution is 6.42. The van der Waals surface area contributed by atoms with Crippen LogP contribution in [0.15, 0.2) is 60.7 Å². The second-order valence-corrected chi connectivity index (χ2v) is 16.7. The van der Waals surface area contributed by atoms with Gasteiger partial charge in [-0.3, -0.25) is 14.5 Å². The minimum Gasteiger partial charge on any atom is -0.395 e. The Labute approximate surface area is 360 Å². The van der Waals surface area contributed by atoms with E-state index >= 15 is 0 Å². The summed E-state index contributed by atoms with van der Waals surface area (Å²) in [4.78, 5) is 34.6. The number of nitrogens with zero attached hydrogens (tertiary/aromatic N) is 4. The van der Waals surface area contributed by atoms with Gasteiger partial charge in [-0.2, -0.15) is 26.3 Å². The topological polar surface area (TPSA) is 85.8 Å². The third-order valence-corrected chi connectivity index (χ3v) is 13.2. The zero-order valence-electron chi connectivity index (χ0n) is 32.7. The number of morpholine rings is 1. The normalized spacial score (nSPS) is 22.4. The number of hydrogen-bond acceptors (Lipinski definition) is 7. The average Bonchev–Trinajstić information content (AvgIpc) is 3.52. The van der Waals surface area contributed by atoms with Gasteiger partial charge in [0, 0.05) is 56.8 Å². The maximum Gasteiger partial charge on any atom is 0.416 e. The number of aliphatic hydroxyl groups excluding tert-OH is 1. The summed E-state index contributed by atoms with van der Waals surface area (Å²) in [5.74, 6) is -1.04. The lowest BCUT2D eigenvalue weighted by Gasteiger charge is -2.46. The van der Waals surface area contributed by atoms with E-state index in [0.717, 1.165) is 12.8 Å². The minimum atomic E-state index is -5.11. The molecule has 0 unspecified atom stereocenters. The van der Waals surface area contributed by atoms with E-state index in [0.29, 0.717) is 82.9 Å². The van der Waals surface area contributed by atoms with Crippen LogP contribution in [0.4, 0.5) is 26.3 Å². The molecule has 1 spiro atoms. The predicted octanol–water partition coefficient (Wildman–Crippen LogP) is 7.32. The quantitative estimate of drug-likeness (QED) is 0.214. The molecule has 3 aromatic rings. The van der Waals surface area contributed by atoms with Crippen LogP contribution in [0.1, 0.15) is 57.4 Å². The van der Waals surface area contributed by atoms with Crippen molar-refractivity contribution in [2.24, 2.45) is 0 Å². The van der Waals surface area contributed by atoms with Crippen molar-refractivity contribution in [1.29, 1.82) is 0 Å². The number of carbonyl (C=O) groups excluding carboxylic acids is 2. The summed E-state index contributed by atoms with van der Waals surface area (Å²) in [6, 6.07) is 14.1. The first-order valence-electron chi connectivity index (χ1n) is 19.7. The molecule has 18 heteroatoms. The maximum absolute atomic E-state index is 13.8. The Balaban J connectivity index is 0.00000604. The number of carbonyl (C=O) groups is 2. The molecule has 3 fully saturated rings. The molecule has 3 saturated heterocycles. The Morgan fingerprint density at radius 2 is 1.45 bits per heavy atom. The summed E-state index contributed by atoms with van der Waals surface area (Å²) in [5.41, 5.74) is -2.43. The van der Waals surface area contributed by atoms with Crippen molar-refractivity contribution < 1.29 is 50.5 Å². The standard InChI is InChI=1S/C42H46Cl2F6N4O5.ClH/c43-34-6-5-30(25-35(34)44)40(27-54(18-20-59-40)38(57)29-21-31(41(45,46)47)24-32(22-29)42(48,49)50)9-12-51-10-7-39(8-11-51)33-4-2-1-3-28(33)23-36(39)58-26-37(56)53-15-13-52(14-16-53)17-19-55;/h1-6,21-22,24-25,36,55H,7-20,23,26-27H2;1H/t36-,40+;/m0./s1. The summed E-state index contributed by atoms with van der Waals surface area (Å²) in [5, 5.41) is 9.76. The van der Waals surface area contributed by atoms with E-state index in [2.05, 4.69) is 21.9 Å². The van der Waals surface area contributed by atoms with Gasteiger partial charge in [0.15, 0.2) is 0 Å². The van der Waals surface area contributed by atoms with Crippen molar-refractivity contribution in [3.8, 4) is 0 Å². The number of aliphatic hydroxyl groups is 1. The van der Waals surface area contributed by atoms with Gasteiger partial charge in [-0.1, -0.05) is 53.5 Å². The van der Waals surface area contributed by atoms with Gasteiger partial charge in [-0.15, -0.1) is 12.4 Å². The van der Waals surface area contributed by atoms with Crippen LogP contribution in [0.2, 0.25) is 10.0 Å². The van der Waals surface area contributed by atoms with E-state index in [1.165, 1.54) is 16.0 Å². The number of piperazine rings is 1. The first-order valence-corrected chi connectivity index (χ1v) is 20.5. The predicted molar refractivity (Wildman–Crippen MR) is 216 cm³/mol. The number of alkyl halides is 6. The summed E-state index contributed by atoms with van der Waals surface area (Å²) in [6.45, 7) is 4.75. The monoisotopic (exact) mass is 906 g/mol. The highest BCUT2D eigenvalue weighted by atomic mass is 35.5. The van der Waals surface area contributed by atoms with Gasteiger partial charge in [0.1, 0.15) is 12.2 Å². The van der Waals surface area contributed by atoms with Gasteiger partial charge >= 0.3 is 12.4 Å². The van der Waals surface area contributed by atoms with Crippen LogP contribution in [0.3, 0.4) is 0 Å². The number of benzene rings is 3. The van der Waals surface area contributed by atoms with Crippen LogP contribution >= 0.6 is 35.6 Å². The number of hydrogen-bond donors (Lipinski definition) is 1. The highest BCUT2D eigenvalue weighted by Gasteiger charge is 2.50. The molecule has 3 aromatic carbocycles. The largest absolute Gasteiger partial charge is 0.416 e. The fraction of sp³-hybridized carbons (Fsp3) is 0.524. The third kappa shape index (κ3) is 9.88. The molecule has 328 valence electrons. The molecule has 1 aliphatic carbocycles. The van der Waals surface area contributed by atoms with E-state index < -0.39 is 40.6 Å². The van der Waals surface area contributed by atoms with Crippen molar-refractivity contribution in [2.45, 2.75) is 55.2 Å². The SMILES string of the molecule is Cl.O=C(CO[C@H]1Cc2ccccc2C12CCN(CC[C@]1(c3ccc(Cl)c(Cl)c3)CN(C(=O)c3cc(C(F)(F)F)cc(C(F)(F)F)c3)CCO1)CC2)N1CCN(CCO)CC1. The molecule has 9 nitrogen and oxygen atoms in total. The highest BCUT2D eigenvalue weighted by Crippen LogP contribution is 2.48. The molecular weight excluding hydrogens is 861 g/mol. The number of β-amino-alcohol motifs (C(OH)–C–C–N with tert-alkyl or cyclic N) is 1. The summed E-state index contributed by atoms with van der Waals surface area (Å²) >= 11 is 12.7. The van der Waals surface area contributed by atoms with Gasteiger partial charge < -0.3 is 29.3 Å². The zero-order chi connectivity index (χ0) is 42.2. The van der Waals surface area contributed by atoms with Gasteiger partial charge in [0.2, 0.25) is 5.91 Å². The first-order chi connectivity index (χ1) is 28.0. The third-order valence-electron chi connectivity index (χ3n) is 12.5. The van der Waals surface area contributed by atoms with Crippen molar-refractivity contribution in [3.05, 3.63) is 104 Å². The number of piperidine rings is 1. The Morgan fingerprint density at radius 1 is 0.800 bits per heavy atom. The van der Waals surface area contributed by atoms with Gasteiger partial charge in [0.25, 0.3) is 5.91 Å². The number of ether oxygens (including phenoxy) is 2. The molecule has 3 aliphatic heterocycles. The van der Waals surface area contributed by atoms with Crippen molar-refractivity contribution in [1.82, 2.24) is 19.6 Å². The van der Waals surface area contributed by atoms with Gasteiger partial charge in [-0.25, -0.2) is 0 Å². The molecule has 0 saturated carbocycles.